The fourth-order valence-electron chi connectivity index (χ4n) is 1.68. The quantitative estimate of drug-likeness (QED) is 0.608. The summed E-state index contributed by atoms with van der Waals surface area (Å²) in [6.07, 6.45) is 0. The molecule has 0 spiro atoms. The first-order valence-corrected chi connectivity index (χ1v) is 5.53. The van der Waals surface area contributed by atoms with Crippen LogP contribution >= 0.6 is 0 Å². The van der Waals surface area contributed by atoms with Crippen LogP contribution in [0.4, 0.5) is 8.78 Å². The standard InChI is InChI=1S/C14H20F2/c1-13(2,3)10-7-9(15)8-11(12(10)16)14(4,5)6/h7-8H,1-6H3. The number of halogens is 2. The number of hydrogen-bond donors (Lipinski definition) is 0. The second-order valence-electron chi connectivity index (χ2n) is 6.31. The number of hydrogen-bond acceptors (Lipinski definition) is 0. The van der Waals surface area contributed by atoms with Crippen molar-refractivity contribution in [2.24, 2.45) is 0 Å². The van der Waals surface area contributed by atoms with Crippen LogP contribution in [-0.2, 0) is 10.8 Å². The third-order valence-electron chi connectivity index (χ3n) is 2.65. The average Bonchev–Trinajstić information content (AvgIpc) is 2.04. The summed E-state index contributed by atoms with van der Waals surface area (Å²) >= 11 is 0. The monoisotopic (exact) mass is 226 g/mol. The van der Waals surface area contributed by atoms with E-state index in [1.54, 1.807) is 0 Å². The minimum absolute atomic E-state index is 0.276. The highest BCUT2D eigenvalue weighted by Crippen LogP contribution is 2.33. The van der Waals surface area contributed by atoms with Gasteiger partial charge in [-0.05, 0) is 34.1 Å². The lowest BCUT2D eigenvalue weighted by molar-refractivity contribution is 0.470. The molecule has 0 heterocycles. The Balaban J connectivity index is 3.51. The fourth-order valence-corrected chi connectivity index (χ4v) is 1.68. The Bertz CT molecular complexity index is 357. The van der Waals surface area contributed by atoms with Crippen molar-refractivity contribution >= 4 is 0 Å². The molecular formula is C14H20F2. The van der Waals surface area contributed by atoms with Gasteiger partial charge < -0.3 is 0 Å². The fraction of sp³-hybridized carbons (Fsp3) is 0.571. The van der Waals surface area contributed by atoms with Crippen LogP contribution in [0.25, 0.3) is 0 Å². The van der Waals surface area contributed by atoms with Crippen molar-refractivity contribution in [2.75, 3.05) is 0 Å². The molecule has 0 unspecified atom stereocenters. The van der Waals surface area contributed by atoms with Crippen molar-refractivity contribution in [1.29, 1.82) is 0 Å². The van der Waals surface area contributed by atoms with Gasteiger partial charge in [-0.3, -0.25) is 0 Å². The van der Waals surface area contributed by atoms with Crippen LogP contribution in [0.5, 0.6) is 0 Å². The lowest BCUT2D eigenvalue weighted by atomic mass is 9.80. The molecule has 0 atom stereocenters. The molecule has 0 nitrogen and oxygen atoms in total. The third kappa shape index (κ3) is 2.60. The van der Waals surface area contributed by atoms with E-state index in [9.17, 15) is 8.78 Å². The van der Waals surface area contributed by atoms with Crippen LogP contribution in [0.1, 0.15) is 52.7 Å². The number of rotatable bonds is 0. The topological polar surface area (TPSA) is 0 Å². The molecule has 0 amide bonds. The Morgan fingerprint density at radius 2 is 1.06 bits per heavy atom. The Labute approximate surface area is 96.7 Å². The summed E-state index contributed by atoms with van der Waals surface area (Å²) in [6, 6.07) is 2.59. The van der Waals surface area contributed by atoms with E-state index in [1.165, 1.54) is 12.1 Å². The molecule has 90 valence electrons. The van der Waals surface area contributed by atoms with E-state index in [2.05, 4.69) is 0 Å². The molecule has 0 saturated carbocycles. The summed E-state index contributed by atoms with van der Waals surface area (Å²) in [6.45, 7) is 11.3. The molecule has 0 fully saturated rings. The van der Waals surface area contributed by atoms with Gasteiger partial charge in [0.15, 0.2) is 0 Å². The van der Waals surface area contributed by atoms with Crippen molar-refractivity contribution in [2.45, 2.75) is 52.4 Å². The highest BCUT2D eigenvalue weighted by Gasteiger charge is 2.26. The SMILES string of the molecule is CC(C)(C)c1cc(F)cc(C(C)(C)C)c1F. The molecule has 1 aromatic rings. The second kappa shape index (κ2) is 3.83. The van der Waals surface area contributed by atoms with E-state index in [0.717, 1.165) is 0 Å². The molecule has 0 aliphatic rings. The van der Waals surface area contributed by atoms with Crippen LogP contribution in [0.15, 0.2) is 12.1 Å². The molecule has 0 N–H and O–H groups in total. The molecular weight excluding hydrogens is 206 g/mol. The first-order chi connectivity index (χ1) is 7.03. The molecule has 2 heteroatoms. The summed E-state index contributed by atoms with van der Waals surface area (Å²) in [7, 11) is 0. The maximum absolute atomic E-state index is 14.3. The summed E-state index contributed by atoms with van der Waals surface area (Å²) in [5.41, 5.74) is 0.119. The average molecular weight is 226 g/mol. The summed E-state index contributed by atoms with van der Waals surface area (Å²) in [5, 5.41) is 0. The van der Waals surface area contributed by atoms with E-state index in [-0.39, 0.29) is 22.5 Å². The molecule has 1 rings (SSSR count). The van der Waals surface area contributed by atoms with Gasteiger partial charge >= 0.3 is 0 Å². The third-order valence-corrected chi connectivity index (χ3v) is 2.65. The van der Waals surface area contributed by atoms with Crippen LogP contribution in [-0.4, -0.2) is 0 Å². The van der Waals surface area contributed by atoms with E-state index in [0.29, 0.717) is 11.1 Å². The molecule has 0 bridgehead atoms. The Morgan fingerprint density at radius 1 is 0.750 bits per heavy atom. The zero-order valence-corrected chi connectivity index (χ0v) is 10.9. The van der Waals surface area contributed by atoms with Gasteiger partial charge in [0.05, 0.1) is 0 Å². The minimum atomic E-state index is -0.383. The summed E-state index contributed by atoms with van der Waals surface area (Å²) in [4.78, 5) is 0. The van der Waals surface area contributed by atoms with Crippen LogP contribution in [0.3, 0.4) is 0 Å². The van der Waals surface area contributed by atoms with Crippen LogP contribution < -0.4 is 0 Å². The molecule has 16 heavy (non-hydrogen) atoms. The molecule has 0 aliphatic heterocycles. The summed E-state index contributed by atoms with van der Waals surface area (Å²) < 4.78 is 27.8. The van der Waals surface area contributed by atoms with Crippen molar-refractivity contribution < 1.29 is 8.78 Å². The molecule has 0 aromatic heterocycles. The summed E-state index contributed by atoms with van der Waals surface area (Å²) in [5.74, 6) is -0.641. The highest BCUT2D eigenvalue weighted by molar-refractivity contribution is 5.35. The maximum Gasteiger partial charge on any atom is 0.130 e. The van der Waals surface area contributed by atoms with Gasteiger partial charge in [0, 0.05) is 0 Å². The van der Waals surface area contributed by atoms with Gasteiger partial charge in [-0.2, -0.15) is 0 Å². The number of benzene rings is 1. The largest absolute Gasteiger partial charge is 0.207 e. The Kier molecular flexibility index (Phi) is 3.15. The van der Waals surface area contributed by atoms with Gasteiger partial charge in [-0.25, -0.2) is 8.78 Å². The normalized spacial score (nSPS) is 13.0. The predicted molar refractivity (Wildman–Crippen MR) is 63.8 cm³/mol. The van der Waals surface area contributed by atoms with Gasteiger partial charge in [0.1, 0.15) is 11.6 Å². The first-order valence-electron chi connectivity index (χ1n) is 5.53. The lowest BCUT2D eigenvalue weighted by Crippen LogP contribution is -2.20. The zero-order chi connectivity index (χ0) is 12.7. The molecule has 1 aromatic carbocycles. The smallest absolute Gasteiger partial charge is 0.130 e. The second-order valence-corrected chi connectivity index (χ2v) is 6.31. The van der Waals surface area contributed by atoms with Gasteiger partial charge in [0.2, 0.25) is 0 Å². The van der Waals surface area contributed by atoms with E-state index in [4.69, 9.17) is 0 Å². The van der Waals surface area contributed by atoms with Gasteiger partial charge in [0.25, 0.3) is 0 Å². The van der Waals surface area contributed by atoms with E-state index in [1.807, 2.05) is 41.5 Å². The molecule has 0 radical (unpaired) electrons. The van der Waals surface area contributed by atoms with Crippen LogP contribution in [0.2, 0.25) is 0 Å². The van der Waals surface area contributed by atoms with Gasteiger partial charge in [-0.15, -0.1) is 0 Å². The van der Waals surface area contributed by atoms with Crippen molar-refractivity contribution in [3.8, 4) is 0 Å². The Morgan fingerprint density at radius 3 is 1.31 bits per heavy atom. The van der Waals surface area contributed by atoms with Crippen molar-refractivity contribution in [3.05, 3.63) is 34.9 Å². The van der Waals surface area contributed by atoms with Crippen molar-refractivity contribution in [3.63, 3.8) is 0 Å². The van der Waals surface area contributed by atoms with Gasteiger partial charge in [-0.1, -0.05) is 41.5 Å². The van der Waals surface area contributed by atoms with Crippen LogP contribution in [0, 0.1) is 11.6 Å². The predicted octanol–water partition coefficient (Wildman–Crippen LogP) is 4.56. The first kappa shape index (κ1) is 13.1. The highest BCUT2D eigenvalue weighted by atomic mass is 19.1. The maximum atomic E-state index is 14.3. The lowest BCUT2D eigenvalue weighted by Gasteiger charge is -2.26. The van der Waals surface area contributed by atoms with E-state index >= 15 is 0 Å². The zero-order valence-electron chi connectivity index (χ0n) is 10.9. The van der Waals surface area contributed by atoms with E-state index < -0.39 is 0 Å². The minimum Gasteiger partial charge on any atom is -0.207 e. The molecule has 0 aliphatic carbocycles. The Hall–Kier alpha value is -0.920. The van der Waals surface area contributed by atoms with Crippen molar-refractivity contribution in [1.82, 2.24) is 0 Å². The molecule has 0 saturated heterocycles.